The van der Waals surface area contributed by atoms with E-state index in [0.29, 0.717) is 0 Å². The monoisotopic (exact) mass is 320 g/mol. The second-order valence-corrected chi connectivity index (χ2v) is 6.96. The predicted octanol–water partition coefficient (Wildman–Crippen LogP) is 4.24. The third-order valence-corrected chi connectivity index (χ3v) is 5.08. The summed E-state index contributed by atoms with van der Waals surface area (Å²) in [6, 6.07) is 12.0. The minimum Gasteiger partial charge on any atom is -0.464 e. The number of rotatable bonds is 1. The molecule has 0 bridgehead atoms. The fourth-order valence-corrected chi connectivity index (χ4v) is 3.38. The molecule has 5 rings (SSSR count). The van der Waals surface area contributed by atoms with E-state index in [1.807, 2.05) is 37.3 Å². The number of furan rings is 2. The normalized spacial score (nSPS) is 20.6. The summed E-state index contributed by atoms with van der Waals surface area (Å²) < 4.78 is 23.6. The molecule has 0 amide bonds. The van der Waals surface area contributed by atoms with E-state index in [-0.39, 0.29) is 18.8 Å². The van der Waals surface area contributed by atoms with E-state index in [2.05, 4.69) is 19.9 Å². The van der Waals surface area contributed by atoms with Gasteiger partial charge in [-0.3, -0.25) is 0 Å². The van der Waals surface area contributed by atoms with Gasteiger partial charge in [0.2, 0.25) is 0 Å². The molecule has 1 atom stereocenters. The minimum absolute atomic E-state index is 0.0415. The molecular weight excluding hydrogens is 303 g/mol. The quantitative estimate of drug-likeness (QED) is 0.492. The van der Waals surface area contributed by atoms with Gasteiger partial charge in [-0.2, -0.15) is 0 Å². The highest BCUT2D eigenvalue weighted by Gasteiger charge is 2.43. The van der Waals surface area contributed by atoms with E-state index in [0.717, 1.165) is 38.4 Å². The number of fused-ring (bicyclic) bond motifs is 5. The summed E-state index contributed by atoms with van der Waals surface area (Å²) in [4.78, 5) is 0. The van der Waals surface area contributed by atoms with Crippen LogP contribution in [0.25, 0.3) is 32.9 Å². The second kappa shape index (κ2) is 4.65. The van der Waals surface area contributed by atoms with E-state index >= 15 is 0 Å². The van der Waals surface area contributed by atoms with Crippen molar-refractivity contribution in [2.24, 2.45) is 0 Å². The summed E-state index contributed by atoms with van der Waals surface area (Å²) in [5.74, 6) is 0. The van der Waals surface area contributed by atoms with Crippen LogP contribution in [0, 0.1) is 0 Å². The van der Waals surface area contributed by atoms with Crippen LogP contribution in [0.15, 0.2) is 51.5 Å². The molecule has 0 aliphatic carbocycles. The fraction of sp³-hybridized carbons (Fsp3) is 0.263. The molecule has 120 valence electrons. The zero-order chi connectivity index (χ0) is 16.5. The Hall–Kier alpha value is -2.24. The molecule has 0 saturated carbocycles. The summed E-state index contributed by atoms with van der Waals surface area (Å²) in [5, 5.41) is 3.19. The van der Waals surface area contributed by atoms with Crippen LogP contribution in [-0.4, -0.2) is 18.8 Å². The molecule has 0 spiro atoms. The van der Waals surface area contributed by atoms with Crippen LogP contribution in [0.2, 0.25) is 0 Å². The van der Waals surface area contributed by atoms with E-state index in [4.69, 9.17) is 18.1 Å². The van der Waals surface area contributed by atoms with E-state index in [9.17, 15) is 0 Å². The summed E-state index contributed by atoms with van der Waals surface area (Å²) in [6.45, 7) is 6.15. The molecule has 24 heavy (non-hydrogen) atoms. The van der Waals surface area contributed by atoms with E-state index in [1.54, 1.807) is 6.26 Å². The van der Waals surface area contributed by atoms with Crippen molar-refractivity contribution in [3.8, 4) is 0 Å². The fourth-order valence-electron chi connectivity index (χ4n) is 3.38. The average Bonchev–Trinajstić information content (AvgIpc) is 3.22. The molecule has 3 heterocycles. The van der Waals surface area contributed by atoms with Gasteiger partial charge < -0.3 is 18.1 Å². The Kier molecular flexibility index (Phi) is 2.74. The third-order valence-electron chi connectivity index (χ3n) is 5.08. The highest BCUT2D eigenvalue weighted by Crippen LogP contribution is 2.35. The van der Waals surface area contributed by atoms with Crippen LogP contribution in [0.5, 0.6) is 0 Å². The maximum Gasteiger partial charge on any atom is 0.494 e. The lowest BCUT2D eigenvalue weighted by atomic mass is 9.78. The number of benzene rings is 2. The Bertz CT molecular complexity index is 1070. The van der Waals surface area contributed by atoms with Crippen molar-refractivity contribution in [1.29, 1.82) is 0 Å². The van der Waals surface area contributed by atoms with Gasteiger partial charge >= 0.3 is 7.12 Å². The van der Waals surface area contributed by atoms with Gasteiger partial charge in [-0.25, -0.2) is 0 Å². The summed E-state index contributed by atoms with van der Waals surface area (Å²) in [6.07, 6.45) is 1.75. The van der Waals surface area contributed by atoms with Gasteiger partial charge in [0.1, 0.15) is 16.7 Å². The van der Waals surface area contributed by atoms with Gasteiger partial charge in [0.25, 0.3) is 0 Å². The lowest BCUT2D eigenvalue weighted by molar-refractivity contribution is 0.0842. The predicted molar refractivity (Wildman–Crippen MR) is 94.6 cm³/mol. The van der Waals surface area contributed by atoms with Crippen LogP contribution in [0.4, 0.5) is 0 Å². The first-order valence-corrected chi connectivity index (χ1v) is 8.18. The summed E-state index contributed by atoms with van der Waals surface area (Å²) in [7, 11) is -0.354. The van der Waals surface area contributed by atoms with Gasteiger partial charge in [0, 0.05) is 16.2 Å². The zero-order valence-corrected chi connectivity index (χ0v) is 13.8. The smallest absolute Gasteiger partial charge is 0.464 e. The molecule has 2 aromatic carbocycles. The van der Waals surface area contributed by atoms with Crippen molar-refractivity contribution in [2.45, 2.75) is 32.5 Å². The topological polar surface area (TPSA) is 44.7 Å². The molecule has 1 saturated heterocycles. The standard InChI is InChI=1S/C19H17BO4/c1-11-19(2,3)24-20(23-11)12-4-5-16-14(10-12)18-13-8-9-21-15(13)6-7-17(18)22-16/h4-11H,1-3H3. The average molecular weight is 320 g/mol. The summed E-state index contributed by atoms with van der Waals surface area (Å²) >= 11 is 0. The Balaban J connectivity index is 1.72. The Morgan fingerprint density at radius 2 is 1.75 bits per heavy atom. The lowest BCUT2D eigenvalue weighted by Crippen LogP contribution is -2.34. The van der Waals surface area contributed by atoms with Crippen LogP contribution >= 0.6 is 0 Å². The van der Waals surface area contributed by atoms with Gasteiger partial charge in [-0.05, 0) is 50.5 Å². The maximum atomic E-state index is 6.09. The van der Waals surface area contributed by atoms with Crippen LogP contribution < -0.4 is 5.46 Å². The molecule has 0 N–H and O–H groups in total. The number of hydrogen-bond acceptors (Lipinski definition) is 4. The molecule has 5 heteroatoms. The molecular formula is C19H17BO4. The van der Waals surface area contributed by atoms with Crippen molar-refractivity contribution in [2.75, 3.05) is 0 Å². The van der Waals surface area contributed by atoms with Crippen LogP contribution in [0.3, 0.4) is 0 Å². The lowest BCUT2D eigenvalue weighted by Gasteiger charge is -2.21. The van der Waals surface area contributed by atoms with E-state index < -0.39 is 0 Å². The van der Waals surface area contributed by atoms with Crippen LogP contribution in [-0.2, 0) is 9.31 Å². The Morgan fingerprint density at radius 1 is 0.958 bits per heavy atom. The highest BCUT2D eigenvalue weighted by molar-refractivity contribution is 6.62. The summed E-state index contributed by atoms with van der Waals surface area (Å²) in [5.41, 5.74) is 3.28. The van der Waals surface area contributed by atoms with Crippen molar-refractivity contribution in [1.82, 2.24) is 0 Å². The largest absolute Gasteiger partial charge is 0.494 e. The minimum atomic E-state index is -0.354. The van der Waals surface area contributed by atoms with Gasteiger partial charge in [0.05, 0.1) is 18.0 Å². The van der Waals surface area contributed by atoms with Crippen molar-refractivity contribution >= 4 is 45.5 Å². The number of hydrogen-bond donors (Lipinski definition) is 0. The van der Waals surface area contributed by atoms with Crippen molar-refractivity contribution in [3.63, 3.8) is 0 Å². The molecule has 4 nitrogen and oxygen atoms in total. The molecule has 0 radical (unpaired) electrons. The molecule has 1 aliphatic rings. The third kappa shape index (κ3) is 1.88. The molecule has 2 aromatic heterocycles. The van der Waals surface area contributed by atoms with E-state index in [1.165, 1.54) is 0 Å². The Labute approximate surface area is 139 Å². The first-order valence-electron chi connectivity index (χ1n) is 8.18. The van der Waals surface area contributed by atoms with Crippen LogP contribution in [0.1, 0.15) is 20.8 Å². The molecule has 4 aromatic rings. The highest BCUT2D eigenvalue weighted by atomic mass is 16.7. The molecule has 1 aliphatic heterocycles. The molecule has 1 unspecified atom stereocenters. The maximum absolute atomic E-state index is 6.09. The van der Waals surface area contributed by atoms with Gasteiger partial charge in [-0.1, -0.05) is 12.1 Å². The first-order chi connectivity index (χ1) is 11.5. The molecule has 1 fully saturated rings. The Morgan fingerprint density at radius 3 is 2.54 bits per heavy atom. The van der Waals surface area contributed by atoms with Gasteiger partial charge in [0.15, 0.2) is 0 Å². The zero-order valence-electron chi connectivity index (χ0n) is 13.8. The second-order valence-electron chi connectivity index (χ2n) is 6.96. The van der Waals surface area contributed by atoms with Crippen molar-refractivity contribution in [3.05, 3.63) is 42.7 Å². The van der Waals surface area contributed by atoms with Gasteiger partial charge in [-0.15, -0.1) is 0 Å². The SMILES string of the molecule is CC1OB(c2ccc3oc4ccc5occc5c4c3c2)OC1(C)C. The first kappa shape index (κ1) is 14.1. The van der Waals surface area contributed by atoms with Crippen molar-refractivity contribution < 1.29 is 18.1 Å².